The zero-order valence-corrected chi connectivity index (χ0v) is 13.6. The maximum absolute atomic E-state index is 12.6. The van der Waals surface area contributed by atoms with Crippen LogP contribution < -0.4 is 0 Å². The molecule has 128 valence electrons. The average molecular weight is 331 g/mol. The van der Waals surface area contributed by atoms with Crippen molar-refractivity contribution in [1.29, 1.82) is 0 Å². The second-order valence-corrected chi connectivity index (χ2v) is 6.65. The van der Waals surface area contributed by atoms with Crippen molar-refractivity contribution < 1.29 is 14.1 Å². The maximum atomic E-state index is 12.6. The summed E-state index contributed by atoms with van der Waals surface area (Å²) in [4.78, 5) is 19.0. The molecule has 8 heteroatoms. The van der Waals surface area contributed by atoms with Gasteiger partial charge in [-0.05, 0) is 24.7 Å². The van der Waals surface area contributed by atoms with Crippen LogP contribution in [0.1, 0.15) is 36.1 Å². The molecule has 0 bridgehead atoms. The van der Waals surface area contributed by atoms with E-state index in [9.17, 15) is 4.79 Å². The molecule has 2 aliphatic rings. The summed E-state index contributed by atoms with van der Waals surface area (Å²) in [7, 11) is 1.63. The lowest BCUT2D eigenvalue weighted by atomic mass is 9.91. The molecule has 8 nitrogen and oxygen atoms in total. The van der Waals surface area contributed by atoms with Crippen molar-refractivity contribution in [1.82, 2.24) is 25.2 Å². The molecule has 3 heterocycles. The van der Waals surface area contributed by atoms with Crippen LogP contribution in [-0.4, -0.2) is 51.3 Å². The highest BCUT2D eigenvalue weighted by Gasteiger charge is 2.45. The van der Waals surface area contributed by atoms with Gasteiger partial charge in [-0.15, -0.1) is 0 Å². The molecule has 1 saturated carbocycles. The number of hydrogen-bond acceptors (Lipinski definition) is 6. The van der Waals surface area contributed by atoms with E-state index in [0.717, 1.165) is 18.2 Å². The molecule has 1 aliphatic carbocycles. The van der Waals surface area contributed by atoms with Gasteiger partial charge in [0.05, 0.1) is 12.1 Å². The van der Waals surface area contributed by atoms with Crippen molar-refractivity contribution in [3.63, 3.8) is 0 Å². The third kappa shape index (κ3) is 3.06. The number of aromatic nitrogens is 4. The number of likely N-dealkylation sites (tertiary alicyclic amines) is 1. The first-order valence-electron chi connectivity index (χ1n) is 8.31. The first-order valence-corrected chi connectivity index (χ1v) is 8.31. The molecule has 0 radical (unpaired) electrons. The molecule has 0 aromatic carbocycles. The molecule has 2 aromatic heterocycles. The van der Waals surface area contributed by atoms with E-state index in [1.807, 2.05) is 4.90 Å². The first-order chi connectivity index (χ1) is 11.7. The number of rotatable bonds is 6. The Kier molecular flexibility index (Phi) is 4.05. The molecule has 0 spiro atoms. The van der Waals surface area contributed by atoms with Crippen LogP contribution in [0.2, 0.25) is 0 Å². The van der Waals surface area contributed by atoms with Gasteiger partial charge >= 0.3 is 0 Å². The van der Waals surface area contributed by atoms with Crippen LogP contribution >= 0.6 is 0 Å². The number of hydrogen-bond donors (Lipinski definition) is 1. The molecule has 1 N–H and O–H groups in total. The van der Waals surface area contributed by atoms with Crippen molar-refractivity contribution in [3.8, 4) is 0 Å². The lowest BCUT2D eigenvalue weighted by molar-refractivity contribution is -0.129. The van der Waals surface area contributed by atoms with E-state index in [0.29, 0.717) is 30.7 Å². The van der Waals surface area contributed by atoms with Crippen LogP contribution in [0.25, 0.3) is 0 Å². The fraction of sp³-hybridized carbons (Fsp3) is 0.625. The number of methoxy groups -OCH3 is 1. The normalized spacial score (nSPS) is 23.8. The van der Waals surface area contributed by atoms with Gasteiger partial charge in [-0.1, -0.05) is 5.16 Å². The summed E-state index contributed by atoms with van der Waals surface area (Å²) in [5.74, 6) is 2.94. The van der Waals surface area contributed by atoms with E-state index in [-0.39, 0.29) is 18.2 Å². The number of carbonyl (C=O) groups is 1. The Morgan fingerprint density at radius 2 is 2.33 bits per heavy atom. The summed E-state index contributed by atoms with van der Waals surface area (Å²) in [5.41, 5.74) is 0.673. The summed E-state index contributed by atoms with van der Waals surface area (Å²) >= 11 is 0. The van der Waals surface area contributed by atoms with Crippen LogP contribution in [0.4, 0.5) is 0 Å². The molecular weight excluding hydrogens is 310 g/mol. The van der Waals surface area contributed by atoms with Gasteiger partial charge in [0, 0.05) is 32.2 Å². The maximum Gasteiger partial charge on any atom is 0.228 e. The second-order valence-electron chi connectivity index (χ2n) is 6.65. The quantitative estimate of drug-likeness (QED) is 0.852. The van der Waals surface area contributed by atoms with Crippen molar-refractivity contribution in [2.24, 2.45) is 11.8 Å². The van der Waals surface area contributed by atoms with Gasteiger partial charge in [0.25, 0.3) is 0 Å². The molecule has 2 fully saturated rings. The molecule has 2 aromatic rings. The highest BCUT2D eigenvalue weighted by atomic mass is 16.5. The van der Waals surface area contributed by atoms with Crippen LogP contribution in [0, 0.1) is 11.8 Å². The molecule has 1 aliphatic heterocycles. The van der Waals surface area contributed by atoms with E-state index < -0.39 is 0 Å². The van der Waals surface area contributed by atoms with Crippen molar-refractivity contribution >= 4 is 5.91 Å². The highest BCUT2D eigenvalue weighted by Crippen LogP contribution is 2.47. The smallest absolute Gasteiger partial charge is 0.228 e. The zero-order chi connectivity index (χ0) is 16.5. The number of aromatic amines is 1. The molecule has 1 saturated heterocycles. The highest BCUT2D eigenvalue weighted by molar-refractivity contribution is 5.78. The summed E-state index contributed by atoms with van der Waals surface area (Å²) in [6.07, 6.45) is 4.25. The minimum atomic E-state index is 0.0877. The van der Waals surface area contributed by atoms with Gasteiger partial charge < -0.3 is 14.2 Å². The van der Waals surface area contributed by atoms with Crippen molar-refractivity contribution in [3.05, 3.63) is 29.7 Å². The number of nitrogens with zero attached hydrogens (tertiary/aromatic N) is 4. The molecule has 0 unspecified atom stereocenters. The standard InChI is InChI=1S/C16H21N5O3/c1-23-9-14-17-16(19-18-14)13-8-21(7-12(13)10-2-3-10)15(22)6-11-4-5-24-20-11/h4-5,10,12-13H,2-3,6-9H2,1H3,(H,17,18,19)/t12-,13+/m1/s1. The Morgan fingerprint density at radius 1 is 1.46 bits per heavy atom. The van der Waals surface area contributed by atoms with Gasteiger partial charge in [-0.3, -0.25) is 9.89 Å². The first kappa shape index (κ1) is 15.3. The predicted molar refractivity (Wildman–Crippen MR) is 82.8 cm³/mol. The second kappa shape index (κ2) is 6.35. The third-order valence-electron chi connectivity index (χ3n) is 4.93. The van der Waals surface area contributed by atoms with E-state index in [1.165, 1.54) is 19.1 Å². The summed E-state index contributed by atoms with van der Waals surface area (Å²) in [6.45, 7) is 1.87. The number of nitrogens with one attached hydrogen (secondary N) is 1. The summed E-state index contributed by atoms with van der Waals surface area (Å²) in [6, 6.07) is 1.73. The van der Waals surface area contributed by atoms with E-state index in [4.69, 9.17) is 9.26 Å². The van der Waals surface area contributed by atoms with Gasteiger partial charge in [-0.25, -0.2) is 4.98 Å². The number of carbonyl (C=O) groups excluding carboxylic acids is 1. The van der Waals surface area contributed by atoms with Gasteiger partial charge in [-0.2, -0.15) is 5.10 Å². The number of amides is 1. The summed E-state index contributed by atoms with van der Waals surface area (Å²) in [5, 5.41) is 11.1. The van der Waals surface area contributed by atoms with Crippen LogP contribution in [0.5, 0.6) is 0 Å². The molecular formula is C16H21N5O3. The van der Waals surface area contributed by atoms with Gasteiger partial charge in [0.2, 0.25) is 5.91 Å². The zero-order valence-electron chi connectivity index (χ0n) is 13.6. The van der Waals surface area contributed by atoms with Crippen molar-refractivity contribution in [2.45, 2.75) is 31.8 Å². The van der Waals surface area contributed by atoms with Crippen LogP contribution in [0.3, 0.4) is 0 Å². The number of ether oxygens (including phenoxy) is 1. The van der Waals surface area contributed by atoms with Gasteiger partial charge in [0.15, 0.2) is 11.6 Å². The van der Waals surface area contributed by atoms with Crippen LogP contribution in [-0.2, 0) is 22.6 Å². The average Bonchev–Trinajstić information content (AvgIpc) is 3.00. The fourth-order valence-corrected chi connectivity index (χ4v) is 3.58. The molecule has 1 amide bonds. The number of H-pyrrole nitrogens is 1. The Bertz CT molecular complexity index is 694. The largest absolute Gasteiger partial charge is 0.377 e. The Morgan fingerprint density at radius 3 is 3.04 bits per heavy atom. The monoisotopic (exact) mass is 331 g/mol. The predicted octanol–water partition coefficient (Wildman–Crippen LogP) is 1.13. The lowest BCUT2D eigenvalue weighted by Gasteiger charge is -2.15. The lowest BCUT2D eigenvalue weighted by Crippen LogP contribution is -2.30. The Hall–Kier alpha value is -2.22. The fourth-order valence-electron chi connectivity index (χ4n) is 3.58. The van der Waals surface area contributed by atoms with Crippen LogP contribution in [0.15, 0.2) is 16.9 Å². The SMILES string of the molecule is COCc1nc([C@H]2CN(C(=O)Cc3ccon3)C[C@@H]2C2CC2)n[nH]1. The topological polar surface area (TPSA) is 97.1 Å². The minimum absolute atomic E-state index is 0.0877. The van der Waals surface area contributed by atoms with Crippen molar-refractivity contribution in [2.75, 3.05) is 20.2 Å². The Balaban J connectivity index is 1.47. The van der Waals surface area contributed by atoms with E-state index in [2.05, 4.69) is 20.3 Å². The minimum Gasteiger partial charge on any atom is -0.377 e. The molecule has 2 atom stereocenters. The van der Waals surface area contributed by atoms with E-state index >= 15 is 0 Å². The van der Waals surface area contributed by atoms with Gasteiger partial charge in [0.1, 0.15) is 12.9 Å². The van der Waals surface area contributed by atoms with E-state index in [1.54, 1.807) is 13.2 Å². The third-order valence-corrected chi connectivity index (χ3v) is 4.93. The Labute approximate surface area is 139 Å². The molecule has 24 heavy (non-hydrogen) atoms. The summed E-state index contributed by atoms with van der Waals surface area (Å²) < 4.78 is 9.90. The molecule has 4 rings (SSSR count).